The lowest BCUT2D eigenvalue weighted by atomic mass is 9.73. The number of aromatic nitrogens is 1. The number of aliphatic carboxylic acids is 1. The summed E-state index contributed by atoms with van der Waals surface area (Å²) >= 11 is 0. The zero-order valence-corrected chi connectivity index (χ0v) is 15.4. The monoisotopic (exact) mass is 378 g/mol. The maximum atomic E-state index is 13.3. The minimum atomic E-state index is -0.890. The molecule has 4 rings (SSSR count). The van der Waals surface area contributed by atoms with Crippen molar-refractivity contribution in [1.29, 1.82) is 0 Å². The first-order valence-electron chi connectivity index (χ1n) is 9.34. The average molecular weight is 378 g/mol. The highest BCUT2D eigenvalue weighted by Crippen LogP contribution is 2.36. The van der Waals surface area contributed by atoms with Crippen LogP contribution in [-0.4, -0.2) is 34.8 Å². The van der Waals surface area contributed by atoms with Gasteiger partial charge in [-0.05, 0) is 42.7 Å². The van der Waals surface area contributed by atoms with Crippen LogP contribution in [-0.2, 0) is 26.3 Å². The highest BCUT2D eigenvalue weighted by molar-refractivity contribution is 6.00. The molecule has 2 heterocycles. The standard InChI is InChI=1S/C22H22N2O4/c25-20(26)15-24-11-8-16-14-18(6-7-19(16)24)23-21(27)22(9-12-28-13-10-22)17-4-2-1-3-5-17/h1-8,11,14H,9-10,12-13,15H2,(H,23,27)(H,25,26). The molecule has 0 bridgehead atoms. The average Bonchev–Trinajstić information content (AvgIpc) is 3.10. The van der Waals surface area contributed by atoms with Crippen molar-refractivity contribution in [3.63, 3.8) is 0 Å². The minimum absolute atomic E-state index is 0.0358. The highest BCUT2D eigenvalue weighted by atomic mass is 16.5. The molecular formula is C22H22N2O4. The van der Waals surface area contributed by atoms with Crippen LogP contribution in [0.1, 0.15) is 18.4 Å². The number of benzene rings is 2. The summed E-state index contributed by atoms with van der Waals surface area (Å²) in [6.45, 7) is 1.02. The number of nitrogens with one attached hydrogen (secondary N) is 1. The molecule has 144 valence electrons. The highest BCUT2D eigenvalue weighted by Gasteiger charge is 2.41. The molecule has 2 N–H and O–H groups in total. The number of amides is 1. The molecule has 0 unspecified atom stereocenters. The van der Waals surface area contributed by atoms with Crippen LogP contribution in [0.4, 0.5) is 5.69 Å². The summed E-state index contributed by atoms with van der Waals surface area (Å²) in [4.78, 5) is 24.3. The van der Waals surface area contributed by atoms with E-state index in [0.717, 1.165) is 16.5 Å². The zero-order valence-electron chi connectivity index (χ0n) is 15.4. The molecule has 1 saturated heterocycles. The largest absolute Gasteiger partial charge is 0.480 e. The summed E-state index contributed by atoms with van der Waals surface area (Å²) in [5, 5.41) is 13.0. The van der Waals surface area contributed by atoms with E-state index >= 15 is 0 Å². The molecule has 1 fully saturated rings. The summed E-state index contributed by atoms with van der Waals surface area (Å²) < 4.78 is 7.18. The number of ether oxygens (including phenoxy) is 1. The lowest BCUT2D eigenvalue weighted by Crippen LogP contribution is -2.44. The van der Waals surface area contributed by atoms with Gasteiger partial charge in [0.1, 0.15) is 6.54 Å². The first-order chi connectivity index (χ1) is 13.6. The Kier molecular flexibility index (Phi) is 4.88. The normalized spacial score (nSPS) is 16.0. The van der Waals surface area contributed by atoms with Crippen LogP contribution in [0.25, 0.3) is 10.9 Å². The van der Waals surface area contributed by atoms with Crippen LogP contribution < -0.4 is 5.32 Å². The van der Waals surface area contributed by atoms with Crippen molar-refractivity contribution in [3.8, 4) is 0 Å². The molecule has 0 aliphatic carbocycles. The predicted octanol–water partition coefficient (Wildman–Crippen LogP) is 3.41. The number of fused-ring (bicyclic) bond motifs is 1. The predicted molar refractivity (Wildman–Crippen MR) is 106 cm³/mol. The lowest BCUT2D eigenvalue weighted by molar-refractivity contribution is -0.137. The van der Waals surface area contributed by atoms with Crippen molar-refractivity contribution in [2.75, 3.05) is 18.5 Å². The van der Waals surface area contributed by atoms with E-state index in [1.165, 1.54) is 0 Å². The van der Waals surface area contributed by atoms with E-state index < -0.39 is 11.4 Å². The minimum Gasteiger partial charge on any atom is -0.480 e. The molecule has 1 amide bonds. The number of nitrogens with zero attached hydrogens (tertiary/aromatic N) is 1. The molecule has 1 aliphatic rings. The molecule has 0 radical (unpaired) electrons. The van der Waals surface area contributed by atoms with Gasteiger partial charge in [-0.25, -0.2) is 0 Å². The summed E-state index contributed by atoms with van der Waals surface area (Å²) in [5.41, 5.74) is 1.92. The Hall–Kier alpha value is -3.12. The van der Waals surface area contributed by atoms with Crippen LogP contribution in [0.2, 0.25) is 0 Å². The first kappa shape index (κ1) is 18.3. The molecule has 28 heavy (non-hydrogen) atoms. The zero-order chi connectivity index (χ0) is 19.6. The Labute approximate surface area is 162 Å². The summed E-state index contributed by atoms with van der Waals surface area (Å²) in [5.74, 6) is -0.925. The van der Waals surface area contributed by atoms with Crippen molar-refractivity contribution < 1.29 is 19.4 Å². The lowest BCUT2D eigenvalue weighted by Gasteiger charge is -2.36. The van der Waals surface area contributed by atoms with Gasteiger partial charge in [-0.2, -0.15) is 0 Å². The van der Waals surface area contributed by atoms with Gasteiger partial charge in [-0.3, -0.25) is 9.59 Å². The molecular weight excluding hydrogens is 356 g/mol. The number of carboxylic acids is 1. The van der Waals surface area contributed by atoms with E-state index in [4.69, 9.17) is 9.84 Å². The van der Waals surface area contributed by atoms with Crippen LogP contribution in [0.5, 0.6) is 0 Å². The van der Waals surface area contributed by atoms with Crippen molar-refractivity contribution in [3.05, 3.63) is 66.4 Å². The van der Waals surface area contributed by atoms with E-state index in [1.807, 2.05) is 54.6 Å². The second-order valence-electron chi connectivity index (χ2n) is 7.13. The summed E-state index contributed by atoms with van der Waals surface area (Å²) in [6, 6.07) is 17.3. The van der Waals surface area contributed by atoms with Crippen molar-refractivity contribution in [2.24, 2.45) is 0 Å². The first-order valence-corrected chi connectivity index (χ1v) is 9.34. The Morgan fingerprint density at radius 3 is 2.54 bits per heavy atom. The van der Waals surface area contributed by atoms with Gasteiger partial charge in [-0.1, -0.05) is 30.3 Å². The Morgan fingerprint density at radius 2 is 1.82 bits per heavy atom. The van der Waals surface area contributed by atoms with Gasteiger partial charge in [0.25, 0.3) is 0 Å². The Bertz CT molecular complexity index is 1000. The number of hydrogen-bond acceptors (Lipinski definition) is 3. The number of anilines is 1. The number of rotatable bonds is 5. The molecule has 6 heteroatoms. The van der Waals surface area contributed by atoms with Crippen molar-refractivity contribution >= 4 is 28.5 Å². The molecule has 2 aromatic carbocycles. The SMILES string of the molecule is O=C(O)Cn1ccc2cc(NC(=O)C3(c4ccccc4)CCOCC3)ccc21. The molecule has 0 saturated carbocycles. The number of carboxylic acid groups (broad SMARTS) is 1. The van der Waals surface area contributed by atoms with Crippen LogP contribution in [0, 0.1) is 0 Å². The van der Waals surface area contributed by atoms with Crippen molar-refractivity contribution in [2.45, 2.75) is 24.8 Å². The topological polar surface area (TPSA) is 80.6 Å². The van der Waals surface area contributed by atoms with E-state index in [1.54, 1.807) is 10.8 Å². The van der Waals surface area contributed by atoms with Crippen molar-refractivity contribution in [1.82, 2.24) is 4.57 Å². The van der Waals surface area contributed by atoms with Crippen LogP contribution >= 0.6 is 0 Å². The quantitative estimate of drug-likeness (QED) is 0.713. The number of carbonyl (C=O) groups is 2. The fourth-order valence-electron chi connectivity index (χ4n) is 3.94. The van der Waals surface area contributed by atoms with Gasteiger partial charge >= 0.3 is 5.97 Å². The smallest absolute Gasteiger partial charge is 0.323 e. The second-order valence-corrected chi connectivity index (χ2v) is 7.13. The third-order valence-electron chi connectivity index (χ3n) is 5.44. The van der Waals surface area contributed by atoms with Crippen LogP contribution in [0.3, 0.4) is 0 Å². The molecule has 6 nitrogen and oxygen atoms in total. The van der Waals surface area contributed by atoms with Gasteiger partial charge in [-0.15, -0.1) is 0 Å². The van der Waals surface area contributed by atoms with Crippen LogP contribution in [0.15, 0.2) is 60.8 Å². The van der Waals surface area contributed by atoms with Gasteiger partial charge < -0.3 is 19.7 Å². The Balaban J connectivity index is 1.62. The molecule has 0 spiro atoms. The molecule has 1 aromatic heterocycles. The van der Waals surface area contributed by atoms with Gasteiger partial charge in [0.2, 0.25) is 5.91 Å². The summed E-state index contributed by atoms with van der Waals surface area (Å²) in [7, 11) is 0. The van der Waals surface area contributed by atoms with E-state index in [9.17, 15) is 9.59 Å². The van der Waals surface area contributed by atoms with Gasteiger partial charge in [0.05, 0.1) is 5.41 Å². The third-order valence-corrected chi connectivity index (χ3v) is 5.44. The molecule has 0 atom stereocenters. The maximum Gasteiger partial charge on any atom is 0.323 e. The van der Waals surface area contributed by atoms with E-state index in [-0.39, 0.29) is 12.5 Å². The number of carbonyl (C=O) groups excluding carboxylic acids is 1. The Morgan fingerprint density at radius 1 is 1.07 bits per heavy atom. The van der Waals surface area contributed by atoms with E-state index in [2.05, 4.69) is 5.32 Å². The maximum absolute atomic E-state index is 13.3. The molecule has 1 aliphatic heterocycles. The number of hydrogen-bond donors (Lipinski definition) is 2. The summed E-state index contributed by atoms with van der Waals surface area (Å²) in [6.07, 6.45) is 3.02. The fourth-order valence-corrected chi connectivity index (χ4v) is 3.94. The third kappa shape index (κ3) is 3.39. The van der Waals surface area contributed by atoms with Gasteiger partial charge in [0.15, 0.2) is 0 Å². The fraction of sp³-hybridized carbons (Fsp3) is 0.273. The second kappa shape index (κ2) is 7.48. The van der Waals surface area contributed by atoms with E-state index in [0.29, 0.717) is 31.7 Å². The molecule has 3 aromatic rings. The van der Waals surface area contributed by atoms with Gasteiger partial charge in [0, 0.05) is 36.0 Å².